The van der Waals surface area contributed by atoms with Crippen LogP contribution < -0.4 is 0 Å². The number of carboxylic acid groups (broad SMARTS) is 1. The number of likely N-dealkylation sites (N-methyl/N-ethyl adjacent to an activating group) is 1. The van der Waals surface area contributed by atoms with Crippen LogP contribution in [-0.2, 0) is 6.42 Å². The smallest absolute Gasteiger partial charge is 0.407 e. The Kier molecular flexibility index (Phi) is 3.88. The maximum Gasteiger partial charge on any atom is 0.407 e. The number of amides is 1. The van der Waals surface area contributed by atoms with Crippen LogP contribution in [0.1, 0.15) is 23.3 Å². The topological polar surface area (TPSA) is 69.2 Å². The molecule has 0 spiro atoms. The van der Waals surface area contributed by atoms with E-state index in [1.165, 1.54) is 16.0 Å². The van der Waals surface area contributed by atoms with Gasteiger partial charge in [0, 0.05) is 18.9 Å². The lowest BCUT2D eigenvalue weighted by Gasteiger charge is -2.29. The van der Waals surface area contributed by atoms with Crippen molar-refractivity contribution in [3.63, 3.8) is 0 Å². The van der Waals surface area contributed by atoms with Crippen molar-refractivity contribution < 1.29 is 9.90 Å². The summed E-state index contributed by atoms with van der Waals surface area (Å²) in [5, 5.41) is 10.3. The molecule has 5 nitrogen and oxygen atoms in total. The molecule has 1 aliphatic rings. The highest BCUT2D eigenvalue weighted by Gasteiger charge is 2.38. The van der Waals surface area contributed by atoms with Crippen molar-refractivity contribution in [2.45, 2.75) is 29.8 Å². The van der Waals surface area contributed by atoms with Gasteiger partial charge in [-0.1, -0.05) is 36.0 Å². The molecule has 1 heterocycles. The van der Waals surface area contributed by atoms with Crippen molar-refractivity contribution in [2.75, 3.05) is 6.54 Å². The van der Waals surface area contributed by atoms with Gasteiger partial charge in [0.25, 0.3) is 0 Å². The number of benzene rings is 1. The fourth-order valence-electron chi connectivity index (χ4n) is 2.90. The number of nitrogens with zero attached hydrogens (tertiary/aromatic N) is 2. The van der Waals surface area contributed by atoms with Crippen LogP contribution in [0.3, 0.4) is 0 Å². The molecular formula is C15H17N3O2S. The number of thioether (sulfide) groups is 1. The quantitative estimate of drug-likeness (QED) is 0.910. The van der Waals surface area contributed by atoms with Crippen molar-refractivity contribution in [2.24, 2.45) is 0 Å². The van der Waals surface area contributed by atoms with E-state index in [2.05, 4.69) is 22.1 Å². The number of nitrogens with one attached hydrogen (secondary N) is 1. The maximum atomic E-state index is 11.5. The molecule has 0 saturated carbocycles. The van der Waals surface area contributed by atoms with Crippen LogP contribution in [0.25, 0.3) is 0 Å². The van der Waals surface area contributed by atoms with Crippen LogP contribution in [0.2, 0.25) is 0 Å². The highest BCUT2D eigenvalue weighted by Crippen LogP contribution is 2.45. The van der Waals surface area contributed by atoms with E-state index in [-0.39, 0.29) is 11.3 Å². The number of fused-ring (bicyclic) bond motifs is 1. The van der Waals surface area contributed by atoms with E-state index < -0.39 is 6.09 Å². The molecule has 1 aliphatic carbocycles. The molecule has 2 aromatic rings. The van der Waals surface area contributed by atoms with E-state index in [4.69, 9.17) is 0 Å². The third-order valence-corrected chi connectivity index (χ3v) is 5.11. The van der Waals surface area contributed by atoms with Gasteiger partial charge in [-0.15, -0.1) is 0 Å². The standard InChI is InChI=1S/C15H17N3O2S/c1-2-18(15(19)20)12-9-10-5-3-4-6-11(10)13(12)21-14-16-7-8-17-14/h3-8,12-13H,2,9H2,1H3,(H,16,17)(H,19,20)/t12-,13-/m1/s1. The second-order valence-corrected chi connectivity index (χ2v) is 6.10. The van der Waals surface area contributed by atoms with Crippen LogP contribution in [0.4, 0.5) is 4.79 Å². The minimum absolute atomic E-state index is 0.0556. The zero-order valence-electron chi connectivity index (χ0n) is 11.7. The molecule has 0 saturated heterocycles. The minimum Gasteiger partial charge on any atom is -0.465 e. The van der Waals surface area contributed by atoms with Gasteiger partial charge in [-0.05, 0) is 24.5 Å². The Hall–Kier alpha value is -1.95. The van der Waals surface area contributed by atoms with Crippen molar-refractivity contribution in [3.05, 3.63) is 47.8 Å². The fourth-order valence-corrected chi connectivity index (χ4v) is 4.16. The van der Waals surface area contributed by atoms with Gasteiger partial charge in [0.15, 0.2) is 5.16 Å². The van der Waals surface area contributed by atoms with Gasteiger partial charge in [-0.2, -0.15) is 0 Å². The van der Waals surface area contributed by atoms with Crippen LogP contribution in [0.5, 0.6) is 0 Å². The van der Waals surface area contributed by atoms with Gasteiger partial charge >= 0.3 is 6.09 Å². The molecule has 2 atom stereocenters. The summed E-state index contributed by atoms with van der Waals surface area (Å²) >= 11 is 1.60. The van der Waals surface area contributed by atoms with Crippen molar-refractivity contribution in [3.8, 4) is 0 Å². The van der Waals surface area contributed by atoms with Gasteiger partial charge in [0.2, 0.25) is 0 Å². The Labute approximate surface area is 127 Å². The average molecular weight is 303 g/mol. The summed E-state index contributed by atoms with van der Waals surface area (Å²) in [6.45, 7) is 2.37. The Morgan fingerprint density at radius 2 is 2.33 bits per heavy atom. The molecule has 1 aromatic heterocycles. The predicted octanol–water partition coefficient (Wildman–Crippen LogP) is 3.17. The number of imidazole rings is 1. The van der Waals surface area contributed by atoms with Crippen molar-refractivity contribution in [1.29, 1.82) is 0 Å². The number of hydrogen-bond donors (Lipinski definition) is 2. The largest absolute Gasteiger partial charge is 0.465 e. The number of hydrogen-bond acceptors (Lipinski definition) is 3. The van der Waals surface area contributed by atoms with E-state index in [1.54, 1.807) is 24.2 Å². The molecular weight excluding hydrogens is 286 g/mol. The monoisotopic (exact) mass is 303 g/mol. The summed E-state index contributed by atoms with van der Waals surface area (Å²) < 4.78 is 0. The first-order valence-electron chi connectivity index (χ1n) is 6.94. The molecule has 0 bridgehead atoms. The molecule has 6 heteroatoms. The lowest BCUT2D eigenvalue weighted by atomic mass is 10.1. The maximum absolute atomic E-state index is 11.5. The highest BCUT2D eigenvalue weighted by molar-refractivity contribution is 7.99. The molecule has 21 heavy (non-hydrogen) atoms. The molecule has 0 aliphatic heterocycles. The normalized spacial score (nSPS) is 20.2. The lowest BCUT2D eigenvalue weighted by Crippen LogP contribution is -2.41. The number of carbonyl (C=O) groups is 1. The van der Waals surface area contributed by atoms with E-state index in [0.717, 1.165) is 11.6 Å². The van der Waals surface area contributed by atoms with E-state index in [9.17, 15) is 9.90 Å². The van der Waals surface area contributed by atoms with Crippen molar-refractivity contribution >= 4 is 17.9 Å². The molecule has 0 fully saturated rings. The molecule has 3 rings (SSSR count). The molecule has 1 aromatic carbocycles. The number of rotatable bonds is 4. The Morgan fingerprint density at radius 1 is 1.52 bits per heavy atom. The van der Waals surface area contributed by atoms with E-state index in [0.29, 0.717) is 6.54 Å². The Bertz CT molecular complexity index is 630. The van der Waals surface area contributed by atoms with Gasteiger partial charge in [-0.3, -0.25) is 0 Å². The zero-order valence-corrected chi connectivity index (χ0v) is 12.5. The third-order valence-electron chi connectivity index (χ3n) is 3.84. The van der Waals surface area contributed by atoms with Crippen LogP contribution in [0.15, 0.2) is 41.8 Å². The van der Waals surface area contributed by atoms with Gasteiger partial charge < -0.3 is 15.0 Å². The summed E-state index contributed by atoms with van der Waals surface area (Å²) in [6, 6.07) is 8.13. The van der Waals surface area contributed by atoms with Crippen LogP contribution in [-0.4, -0.2) is 38.7 Å². The second-order valence-electron chi connectivity index (χ2n) is 4.97. The third kappa shape index (κ3) is 2.63. The Morgan fingerprint density at radius 3 is 3.00 bits per heavy atom. The van der Waals surface area contributed by atoms with Gasteiger partial charge in [0.05, 0.1) is 11.3 Å². The number of H-pyrrole nitrogens is 1. The molecule has 0 unspecified atom stereocenters. The summed E-state index contributed by atoms with van der Waals surface area (Å²) in [4.78, 5) is 20.4. The van der Waals surface area contributed by atoms with Crippen LogP contribution >= 0.6 is 11.8 Å². The van der Waals surface area contributed by atoms with Gasteiger partial charge in [0.1, 0.15) is 0 Å². The van der Waals surface area contributed by atoms with Gasteiger partial charge in [-0.25, -0.2) is 9.78 Å². The first-order chi connectivity index (χ1) is 10.2. The lowest BCUT2D eigenvalue weighted by molar-refractivity contribution is 0.128. The summed E-state index contributed by atoms with van der Waals surface area (Å²) in [5.74, 6) is 0. The SMILES string of the molecule is CCN(C(=O)O)[C@@H]1Cc2ccccc2[C@H]1Sc1ncc[nH]1. The first kappa shape index (κ1) is 14.0. The summed E-state index contributed by atoms with van der Waals surface area (Å²) in [7, 11) is 0. The zero-order chi connectivity index (χ0) is 14.8. The predicted molar refractivity (Wildman–Crippen MR) is 81.5 cm³/mol. The molecule has 2 N–H and O–H groups in total. The molecule has 0 radical (unpaired) electrons. The average Bonchev–Trinajstić information content (AvgIpc) is 3.09. The first-order valence-corrected chi connectivity index (χ1v) is 7.82. The fraction of sp³-hybridized carbons (Fsp3) is 0.333. The highest BCUT2D eigenvalue weighted by atomic mass is 32.2. The number of aromatic nitrogens is 2. The molecule has 110 valence electrons. The van der Waals surface area contributed by atoms with Crippen molar-refractivity contribution in [1.82, 2.24) is 14.9 Å². The summed E-state index contributed by atoms with van der Waals surface area (Å²) in [6.07, 6.45) is 3.40. The minimum atomic E-state index is -0.861. The van der Waals surface area contributed by atoms with E-state index >= 15 is 0 Å². The molecule has 1 amide bonds. The number of aromatic amines is 1. The van der Waals surface area contributed by atoms with Crippen LogP contribution in [0, 0.1) is 0 Å². The summed E-state index contributed by atoms with van der Waals surface area (Å²) in [5.41, 5.74) is 2.44. The van der Waals surface area contributed by atoms with E-state index in [1.807, 2.05) is 19.1 Å². The second kappa shape index (κ2) is 5.81. The Balaban J connectivity index is 1.94.